The highest BCUT2D eigenvalue weighted by molar-refractivity contribution is 9.13. The van der Waals surface area contributed by atoms with Crippen LogP contribution in [0.1, 0.15) is 5.56 Å². The molecule has 0 saturated carbocycles. The van der Waals surface area contributed by atoms with E-state index in [4.69, 9.17) is 5.11 Å². The van der Waals surface area contributed by atoms with Crippen molar-refractivity contribution >= 4 is 43.9 Å². The number of carboxylic acids is 1. The van der Waals surface area contributed by atoms with Crippen LogP contribution in [0.3, 0.4) is 0 Å². The van der Waals surface area contributed by atoms with Crippen molar-refractivity contribution in [2.45, 2.75) is 0 Å². The quantitative estimate of drug-likeness (QED) is 0.507. The predicted molar refractivity (Wildman–Crippen MR) is 58.4 cm³/mol. The van der Waals surface area contributed by atoms with Gasteiger partial charge < -0.3 is 5.11 Å². The largest absolute Gasteiger partial charge is 0.478 e. The van der Waals surface area contributed by atoms with Crippen molar-refractivity contribution in [1.29, 1.82) is 0 Å². The van der Waals surface area contributed by atoms with E-state index in [9.17, 15) is 13.6 Å². The Morgan fingerprint density at radius 1 is 1.40 bits per heavy atom. The molecule has 0 aliphatic heterocycles. The van der Waals surface area contributed by atoms with Gasteiger partial charge in [-0.15, -0.1) is 0 Å². The minimum absolute atomic E-state index is 0.0499. The van der Waals surface area contributed by atoms with Crippen LogP contribution in [0.5, 0.6) is 0 Å². The van der Waals surface area contributed by atoms with Gasteiger partial charge >= 0.3 is 5.97 Å². The second-order valence-corrected chi connectivity index (χ2v) is 4.20. The smallest absolute Gasteiger partial charge is 0.328 e. The van der Waals surface area contributed by atoms with Gasteiger partial charge in [0.15, 0.2) is 0 Å². The highest BCUT2D eigenvalue weighted by Crippen LogP contribution is 2.30. The van der Waals surface area contributed by atoms with Crippen molar-refractivity contribution in [2.75, 3.05) is 0 Å². The van der Waals surface area contributed by atoms with Crippen LogP contribution in [0, 0.1) is 11.6 Å². The van der Waals surface area contributed by atoms with Crippen LogP contribution < -0.4 is 0 Å². The third-order valence-electron chi connectivity index (χ3n) is 1.54. The van der Waals surface area contributed by atoms with Gasteiger partial charge in [0.25, 0.3) is 0 Å². The molecule has 0 radical (unpaired) electrons. The topological polar surface area (TPSA) is 37.3 Å². The molecule has 1 aromatic rings. The number of carbonyl (C=O) groups is 1. The standard InChI is InChI=1S/C9H4Br2F2O2/c10-5-3-6(12)4(1-2-7(14)15)9(13)8(5)11/h1-3H,(H,14,15)/b2-1+. The van der Waals surface area contributed by atoms with E-state index in [-0.39, 0.29) is 8.95 Å². The molecule has 1 N–H and O–H groups in total. The predicted octanol–water partition coefficient (Wildman–Crippen LogP) is 3.59. The Hall–Kier alpha value is -0.750. The number of benzene rings is 1. The first-order chi connectivity index (χ1) is 6.93. The lowest BCUT2D eigenvalue weighted by Crippen LogP contribution is -1.93. The van der Waals surface area contributed by atoms with Gasteiger partial charge in [-0.25, -0.2) is 13.6 Å². The zero-order valence-corrected chi connectivity index (χ0v) is 10.3. The van der Waals surface area contributed by atoms with Crippen LogP contribution in [-0.2, 0) is 4.79 Å². The number of hydrogen-bond acceptors (Lipinski definition) is 1. The van der Waals surface area contributed by atoms with Crippen molar-refractivity contribution in [2.24, 2.45) is 0 Å². The minimum Gasteiger partial charge on any atom is -0.478 e. The summed E-state index contributed by atoms with van der Waals surface area (Å²) < 4.78 is 26.9. The fourth-order valence-electron chi connectivity index (χ4n) is 0.888. The molecular formula is C9H4Br2F2O2. The van der Waals surface area contributed by atoms with Gasteiger partial charge in [0.2, 0.25) is 0 Å². The summed E-state index contributed by atoms with van der Waals surface area (Å²) in [5.74, 6) is -2.95. The lowest BCUT2D eigenvalue weighted by molar-refractivity contribution is -0.131. The zero-order valence-electron chi connectivity index (χ0n) is 7.10. The van der Waals surface area contributed by atoms with Gasteiger partial charge in [0.1, 0.15) is 11.6 Å². The molecule has 80 valence electrons. The maximum absolute atomic E-state index is 13.4. The molecule has 0 unspecified atom stereocenters. The monoisotopic (exact) mass is 340 g/mol. The van der Waals surface area contributed by atoms with E-state index in [1.807, 2.05) is 0 Å². The molecule has 1 rings (SSSR count). The van der Waals surface area contributed by atoms with Crippen LogP contribution >= 0.6 is 31.9 Å². The van der Waals surface area contributed by atoms with Gasteiger partial charge in [-0.05, 0) is 44.0 Å². The van der Waals surface area contributed by atoms with Crippen LogP contribution in [-0.4, -0.2) is 11.1 Å². The van der Waals surface area contributed by atoms with Crippen molar-refractivity contribution in [3.8, 4) is 0 Å². The summed E-state index contributed by atoms with van der Waals surface area (Å²) in [6.07, 6.45) is 1.53. The molecule has 0 fully saturated rings. The van der Waals surface area contributed by atoms with Crippen LogP contribution in [0.15, 0.2) is 21.1 Å². The van der Waals surface area contributed by atoms with E-state index in [2.05, 4.69) is 31.9 Å². The lowest BCUT2D eigenvalue weighted by atomic mass is 10.2. The van der Waals surface area contributed by atoms with Crippen molar-refractivity contribution in [1.82, 2.24) is 0 Å². The molecule has 0 amide bonds. The molecule has 0 saturated heterocycles. The summed E-state index contributed by atoms with van der Waals surface area (Å²) in [6, 6.07) is 1.05. The van der Waals surface area contributed by atoms with Crippen molar-refractivity contribution in [3.63, 3.8) is 0 Å². The summed E-state index contributed by atoms with van der Waals surface area (Å²) >= 11 is 5.85. The summed E-state index contributed by atoms with van der Waals surface area (Å²) in [4.78, 5) is 10.2. The van der Waals surface area contributed by atoms with E-state index in [1.54, 1.807) is 0 Å². The first-order valence-electron chi connectivity index (χ1n) is 3.67. The van der Waals surface area contributed by atoms with Crippen LogP contribution in [0.25, 0.3) is 6.08 Å². The summed E-state index contributed by atoms with van der Waals surface area (Å²) in [5.41, 5.74) is -0.396. The summed E-state index contributed by atoms with van der Waals surface area (Å²) in [6.45, 7) is 0. The lowest BCUT2D eigenvalue weighted by Gasteiger charge is -2.03. The van der Waals surface area contributed by atoms with E-state index in [1.165, 1.54) is 0 Å². The molecule has 0 spiro atoms. The number of hydrogen-bond donors (Lipinski definition) is 1. The van der Waals surface area contributed by atoms with Gasteiger partial charge in [0.05, 0.1) is 4.47 Å². The SMILES string of the molecule is O=C(O)/C=C/c1c(F)cc(Br)c(Br)c1F. The molecule has 2 nitrogen and oxygen atoms in total. The molecule has 0 heterocycles. The maximum atomic E-state index is 13.4. The third kappa shape index (κ3) is 2.85. The Balaban J connectivity index is 3.30. The van der Waals surface area contributed by atoms with Gasteiger partial charge in [-0.1, -0.05) is 0 Å². The van der Waals surface area contributed by atoms with Gasteiger partial charge in [0, 0.05) is 16.1 Å². The van der Waals surface area contributed by atoms with Gasteiger partial charge in [-0.3, -0.25) is 0 Å². The molecular weight excluding hydrogens is 338 g/mol. The van der Waals surface area contributed by atoms with E-state index in [0.29, 0.717) is 6.08 Å². The Morgan fingerprint density at radius 3 is 2.53 bits per heavy atom. The van der Waals surface area contributed by atoms with E-state index < -0.39 is 23.2 Å². The Morgan fingerprint density at radius 2 is 2.00 bits per heavy atom. The number of rotatable bonds is 2. The summed E-state index contributed by atoms with van der Waals surface area (Å²) in [5, 5.41) is 8.33. The highest BCUT2D eigenvalue weighted by atomic mass is 79.9. The fraction of sp³-hybridized carbons (Fsp3) is 0. The summed E-state index contributed by atoms with van der Waals surface area (Å²) in [7, 11) is 0. The number of carboxylic acid groups (broad SMARTS) is 1. The Labute approximate surface area is 101 Å². The zero-order chi connectivity index (χ0) is 11.6. The first-order valence-corrected chi connectivity index (χ1v) is 5.26. The van der Waals surface area contributed by atoms with Crippen LogP contribution in [0.2, 0.25) is 0 Å². The molecule has 6 heteroatoms. The second kappa shape index (κ2) is 4.85. The third-order valence-corrected chi connectivity index (χ3v) is 3.47. The first kappa shape index (κ1) is 12.3. The molecule has 0 aliphatic rings. The average Bonchev–Trinajstić information content (AvgIpc) is 2.14. The minimum atomic E-state index is -1.27. The normalized spacial score (nSPS) is 10.9. The maximum Gasteiger partial charge on any atom is 0.328 e. The number of halogens is 4. The Bertz CT molecular complexity index is 444. The molecule has 0 aliphatic carbocycles. The molecule has 0 atom stereocenters. The van der Waals surface area contributed by atoms with Gasteiger partial charge in [-0.2, -0.15) is 0 Å². The number of aliphatic carboxylic acids is 1. The fourth-order valence-corrected chi connectivity index (χ4v) is 1.59. The van der Waals surface area contributed by atoms with E-state index in [0.717, 1.165) is 12.1 Å². The molecule has 15 heavy (non-hydrogen) atoms. The molecule has 0 bridgehead atoms. The Kier molecular flexibility index (Phi) is 3.98. The second-order valence-electron chi connectivity index (χ2n) is 2.55. The van der Waals surface area contributed by atoms with Crippen molar-refractivity contribution < 1.29 is 18.7 Å². The van der Waals surface area contributed by atoms with Crippen molar-refractivity contribution in [3.05, 3.63) is 38.3 Å². The molecule has 0 aromatic heterocycles. The van der Waals surface area contributed by atoms with Crippen LogP contribution in [0.4, 0.5) is 8.78 Å². The highest BCUT2D eigenvalue weighted by Gasteiger charge is 2.13. The van der Waals surface area contributed by atoms with E-state index >= 15 is 0 Å². The molecule has 1 aromatic carbocycles. The average molecular weight is 342 g/mol.